The van der Waals surface area contributed by atoms with Crippen LogP contribution in [0, 0.1) is 12.8 Å². The molecule has 1 N–H and O–H groups in total. The molecule has 0 heterocycles. The number of rotatable bonds is 3. The van der Waals surface area contributed by atoms with Crippen molar-refractivity contribution in [2.45, 2.75) is 58.5 Å². The van der Waals surface area contributed by atoms with E-state index in [1.165, 1.54) is 43.2 Å². The smallest absolute Gasteiger partial charge is 0.0208 e. The average molecular weight is 231 g/mol. The molecule has 1 heteroatoms. The van der Waals surface area contributed by atoms with Gasteiger partial charge in [0.1, 0.15) is 0 Å². The first-order valence-electron chi connectivity index (χ1n) is 7.03. The van der Waals surface area contributed by atoms with Gasteiger partial charge in [-0.15, -0.1) is 0 Å². The van der Waals surface area contributed by atoms with Crippen LogP contribution in [0.25, 0.3) is 0 Å². The fraction of sp³-hybridized carbons (Fsp3) is 0.625. The highest BCUT2D eigenvalue weighted by molar-refractivity contribution is 5.21. The van der Waals surface area contributed by atoms with E-state index in [0.717, 1.165) is 18.5 Å². The lowest BCUT2D eigenvalue weighted by atomic mass is 10.0. The zero-order valence-electron chi connectivity index (χ0n) is 11.2. The molecule has 0 radical (unpaired) electrons. The van der Waals surface area contributed by atoms with E-state index in [9.17, 15) is 0 Å². The highest BCUT2D eigenvalue weighted by Gasteiger charge is 2.15. The summed E-state index contributed by atoms with van der Waals surface area (Å²) in [6.45, 7) is 5.56. The highest BCUT2D eigenvalue weighted by atomic mass is 14.9. The SMILES string of the molecule is Cc1ccc(CNC2CCCC(C)CC2)cc1. The van der Waals surface area contributed by atoms with Gasteiger partial charge in [0.2, 0.25) is 0 Å². The molecule has 0 spiro atoms. The monoisotopic (exact) mass is 231 g/mol. The number of benzene rings is 1. The Hall–Kier alpha value is -0.820. The second-order valence-corrected chi connectivity index (χ2v) is 5.68. The molecule has 0 aromatic heterocycles. The minimum Gasteiger partial charge on any atom is -0.310 e. The van der Waals surface area contributed by atoms with E-state index in [0.29, 0.717) is 0 Å². The molecular weight excluding hydrogens is 206 g/mol. The first-order valence-corrected chi connectivity index (χ1v) is 7.03. The third kappa shape index (κ3) is 4.16. The summed E-state index contributed by atoms with van der Waals surface area (Å²) in [5.74, 6) is 0.932. The quantitative estimate of drug-likeness (QED) is 0.774. The second-order valence-electron chi connectivity index (χ2n) is 5.68. The van der Waals surface area contributed by atoms with Crippen LogP contribution in [0.15, 0.2) is 24.3 Å². The molecule has 17 heavy (non-hydrogen) atoms. The molecule has 0 amide bonds. The fourth-order valence-corrected chi connectivity index (χ4v) is 2.66. The van der Waals surface area contributed by atoms with Crippen LogP contribution in [0.4, 0.5) is 0 Å². The maximum absolute atomic E-state index is 3.72. The van der Waals surface area contributed by atoms with E-state index in [4.69, 9.17) is 0 Å². The van der Waals surface area contributed by atoms with Crippen LogP contribution >= 0.6 is 0 Å². The lowest BCUT2D eigenvalue weighted by Crippen LogP contribution is -2.27. The predicted octanol–water partition coefficient (Wildman–Crippen LogP) is 4.05. The van der Waals surface area contributed by atoms with Crippen LogP contribution in [-0.2, 0) is 6.54 Å². The normalized spacial score (nSPS) is 25.5. The number of nitrogens with one attached hydrogen (secondary N) is 1. The first-order chi connectivity index (χ1) is 8.24. The van der Waals surface area contributed by atoms with Gasteiger partial charge in [-0.1, -0.05) is 49.6 Å². The zero-order valence-corrected chi connectivity index (χ0v) is 11.2. The largest absolute Gasteiger partial charge is 0.310 e. The Morgan fingerprint density at radius 3 is 2.59 bits per heavy atom. The number of hydrogen-bond acceptors (Lipinski definition) is 1. The number of aryl methyl sites for hydroxylation is 1. The third-order valence-corrected chi connectivity index (χ3v) is 3.97. The van der Waals surface area contributed by atoms with Crippen LogP contribution in [0.3, 0.4) is 0 Å². The van der Waals surface area contributed by atoms with E-state index >= 15 is 0 Å². The van der Waals surface area contributed by atoms with Crippen molar-refractivity contribution in [3.8, 4) is 0 Å². The number of hydrogen-bond donors (Lipinski definition) is 1. The van der Waals surface area contributed by atoms with Crippen molar-refractivity contribution in [2.75, 3.05) is 0 Å². The van der Waals surface area contributed by atoms with Crippen molar-refractivity contribution in [3.63, 3.8) is 0 Å². The van der Waals surface area contributed by atoms with Crippen LogP contribution in [-0.4, -0.2) is 6.04 Å². The van der Waals surface area contributed by atoms with Crippen molar-refractivity contribution < 1.29 is 0 Å². The lowest BCUT2D eigenvalue weighted by molar-refractivity contribution is 0.447. The van der Waals surface area contributed by atoms with Crippen LogP contribution < -0.4 is 5.32 Å². The third-order valence-electron chi connectivity index (χ3n) is 3.97. The summed E-state index contributed by atoms with van der Waals surface area (Å²) < 4.78 is 0. The van der Waals surface area contributed by atoms with Crippen molar-refractivity contribution in [1.29, 1.82) is 0 Å². The maximum atomic E-state index is 3.72. The molecule has 1 aromatic carbocycles. The standard InChI is InChI=1S/C16H25N/c1-13-4-3-5-16(11-8-13)17-12-15-9-6-14(2)7-10-15/h6-7,9-10,13,16-17H,3-5,8,11-12H2,1-2H3. The first kappa shape index (κ1) is 12.6. The molecule has 94 valence electrons. The van der Waals surface area contributed by atoms with E-state index in [-0.39, 0.29) is 0 Å². The molecule has 1 fully saturated rings. The molecule has 0 saturated heterocycles. The Morgan fingerprint density at radius 1 is 1.06 bits per heavy atom. The summed E-state index contributed by atoms with van der Waals surface area (Å²) in [7, 11) is 0. The van der Waals surface area contributed by atoms with Crippen LogP contribution in [0.2, 0.25) is 0 Å². The molecule has 1 aliphatic rings. The molecule has 1 saturated carbocycles. The van der Waals surface area contributed by atoms with E-state index < -0.39 is 0 Å². The second kappa shape index (κ2) is 6.20. The van der Waals surface area contributed by atoms with Crippen LogP contribution in [0.5, 0.6) is 0 Å². The summed E-state index contributed by atoms with van der Waals surface area (Å²) >= 11 is 0. The topological polar surface area (TPSA) is 12.0 Å². The Balaban J connectivity index is 1.79. The van der Waals surface area contributed by atoms with Crippen molar-refractivity contribution in [1.82, 2.24) is 5.32 Å². The van der Waals surface area contributed by atoms with Crippen molar-refractivity contribution in [3.05, 3.63) is 35.4 Å². The molecule has 1 aliphatic carbocycles. The van der Waals surface area contributed by atoms with E-state index in [1.807, 2.05) is 0 Å². The predicted molar refractivity (Wildman–Crippen MR) is 74.1 cm³/mol. The van der Waals surface area contributed by atoms with Gasteiger partial charge in [-0.25, -0.2) is 0 Å². The van der Waals surface area contributed by atoms with Crippen LogP contribution in [0.1, 0.15) is 50.2 Å². The molecule has 1 aromatic rings. The highest BCUT2D eigenvalue weighted by Crippen LogP contribution is 2.22. The van der Waals surface area contributed by atoms with Gasteiger partial charge in [0, 0.05) is 12.6 Å². The van der Waals surface area contributed by atoms with E-state index in [2.05, 4.69) is 43.4 Å². The Labute approximate surface area is 106 Å². The minimum absolute atomic E-state index is 0.737. The van der Waals surface area contributed by atoms with Gasteiger partial charge < -0.3 is 5.32 Å². The Kier molecular flexibility index (Phi) is 4.61. The van der Waals surface area contributed by atoms with Crippen molar-refractivity contribution >= 4 is 0 Å². The molecule has 0 aliphatic heterocycles. The molecule has 2 rings (SSSR count). The summed E-state index contributed by atoms with van der Waals surface area (Å²) in [6, 6.07) is 9.61. The molecule has 1 nitrogen and oxygen atoms in total. The summed E-state index contributed by atoms with van der Waals surface area (Å²) in [5, 5.41) is 3.72. The van der Waals surface area contributed by atoms with Gasteiger partial charge in [-0.3, -0.25) is 0 Å². The van der Waals surface area contributed by atoms with Gasteiger partial charge in [0.15, 0.2) is 0 Å². The molecule has 0 bridgehead atoms. The van der Waals surface area contributed by atoms with Gasteiger partial charge in [-0.05, 0) is 37.7 Å². The lowest BCUT2D eigenvalue weighted by Gasteiger charge is -2.16. The fourth-order valence-electron chi connectivity index (χ4n) is 2.66. The van der Waals surface area contributed by atoms with Gasteiger partial charge in [-0.2, -0.15) is 0 Å². The van der Waals surface area contributed by atoms with Crippen molar-refractivity contribution in [2.24, 2.45) is 5.92 Å². The minimum atomic E-state index is 0.737. The van der Waals surface area contributed by atoms with Gasteiger partial charge in [0.05, 0.1) is 0 Å². The summed E-state index contributed by atoms with van der Waals surface area (Å²) in [4.78, 5) is 0. The van der Waals surface area contributed by atoms with Gasteiger partial charge in [0.25, 0.3) is 0 Å². The molecule has 2 unspecified atom stereocenters. The summed E-state index contributed by atoms with van der Waals surface area (Å²) in [6.07, 6.45) is 6.92. The summed E-state index contributed by atoms with van der Waals surface area (Å²) in [5.41, 5.74) is 2.75. The molecular formula is C16H25N. The maximum Gasteiger partial charge on any atom is 0.0208 e. The molecule has 2 atom stereocenters. The Morgan fingerprint density at radius 2 is 1.82 bits per heavy atom. The Bertz CT molecular complexity index is 328. The van der Waals surface area contributed by atoms with E-state index in [1.54, 1.807) is 0 Å². The van der Waals surface area contributed by atoms with Gasteiger partial charge >= 0.3 is 0 Å². The average Bonchev–Trinajstić information content (AvgIpc) is 2.54. The zero-order chi connectivity index (χ0) is 12.1.